The molecule has 1 aromatic carbocycles. The molecule has 1 rings (SSSR count). The molecule has 2 N–H and O–H groups in total. The van der Waals surface area contributed by atoms with Crippen LogP contribution in [0.4, 0.5) is 0 Å². The number of hydrogen-bond acceptors (Lipinski definition) is 2. The average Bonchev–Trinajstić information content (AvgIpc) is 2.08. The van der Waals surface area contributed by atoms with Crippen molar-refractivity contribution in [2.24, 2.45) is 5.73 Å². The summed E-state index contributed by atoms with van der Waals surface area (Å²) >= 11 is 5.72. The molecular weight excluding hydrogens is 174 g/mol. The van der Waals surface area contributed by atoms with Crippen molar-refractivity contribution in [2.75, 3.05) is 6.54 Å². The van der Waals surface area contributed by atoms with Gasteiger partial charge in [0.1, 0.15) is 0 Å². The van der Waals surface area contributed by atoms with Crippen LogP contribution in [0.2, 0.25) is 5.02 Å². The molecule has 64 valence electrons. The molecule has 0 aliphatic carbocycles. The molecule has 0 radical (unpaired) electrons. The van der Waals surface area contributed by atoms with E-state index in [1.165, 1.54) is 0 Å². The standard InChI is InChI=1S/C9H10ClNO/c1-6-2-3-7(10)4-8(6)9(12)5-11/h2-4H,5,11H2,1H3. The highest BCUT2D eigenvalue weighted by Gasteiger charge is 2.06. The van der Waals surface area contributed by atoms with Gasteiger partial charge in [0, 0.05) is 10.6 Å². The number of rotatable bonds is 2. The van der Waals surface area contributed by atoms with Crippen molar-refractivity contribution in [3.05, 3.63) is 34.3 Å². The lowest BCUT2D eigenvalue weighted by Gasteiger charge is -2.02. The summed E-state index contributed by atoms with van der Waals surface area (Å²) in [5.41, 5.74) is 6.76. The summed E-state index contributed by atoms with van der Waals surface area (Å²) in [7, 11) is 0. The first kappa shape index (κ1) is 9.23. The number of carbonyl (C=O) groups excluding carboxylic acids is 1. The number of halogens is 1. The maximum atomic E-state index is 11.2. The first-order valence-electron chi connectivity index (χ1n) is 3.64. The molecule has 12 heavy (non-hydrogen) atoms. The van der Waals surface area contributed by atoms with Gasteiger partial charge in [0.05, 0.1) is 6.54 Å². The van der Waals surface area contributed by atoms with E-state index < -0.39 is 0 Å². The lowest BCUT2D eigenvalue weighted by atomic mass is 10.1. The van der Waals surface area contributed by atoms with Gasteiger partial charge in [-0.05, 0) is 24.6 Å². The van der Waals surface area contributed by atoms with E-state index in [-0.39, 0.29) is 12.3 Å². The van der Waals surface area contributed by atoms with Crippen molar-refractivity contribution in [1.29, 1.82) is 0 Å². The second kappa shape index (κ2) is 3.70. The SMILES string of the molecule is Cc1ccc(Cl)cc1C(=O)CN. The van der Waals surface area contributed by atoms with Crippen molar-refractivity contribution in [2.45, 2.75) is 6.92 Å². The molecule has 0 aliphatic rings. The smallest absolute Gasteiger partial charge is 0.176 e. The van der Waals surface area contributed by atoms with Crippen molar-refractivity contribution in [3.8, 4) is 0 Å². The highest BCUT2D eigenvalue weighted by atomic mass is 35.5. The minimum Gasteiger partial charge on any atom is -0.324 e. The Balaban J connectivity index is 3.13. The van der Waals surface area contributed by atoms with E-state index in [1.807, 2.05) is 13.0 Å². The number of hydrogen-bond donors (Lipinski definition) is 1. The van der Waals surface area contributed by atoms with Gasteiger partial charge in [-0.15, -0.1) is 0 Å². The largest absolute Gasteiger partial charge is 0.324 e. The average molecular weight is 184 g/mol. The second-order valence-electron chi connectivity index (χ2n) is 2.59. The third kappa shape index (κ3) is 1.84. The Hall–Kier alpha value is -0.860. The van der Waals surface area contributed by atoms with Crippen LogP contribution >= 0.6 is 11.6 Å². The number of ketones is 1. The van der Waals surface area contributed by atoms with E-state index in [1.54, 1.807) is 12.1 Å². The molecule has 2 nitrogen and oxygen atoms in total. The third-order valence-corrected chi connectivity index (χ3v) is 1.92. The summed E-state index contributed by atoms with van der Waals surface area (Å²) in [6.07, 6.45) is 0. The van der Waals surface area contributed by atoms with Gasteiger partial charge in [-0.1, -0.05) is 17.7 Å². The van der Waals surface area contributed by atoms with E-state index in [2.05, 4.69) is 0 Å². The van der Waals surface area contributed by atoms with E-state index in [4.69, 9.17) is 17.3 Å². The Labute approximate surface area is 76.3 Å². The van der Waals surface area contributed by atoms with Gasteiger partial charge >= 0.3 is 0 Å². The van der Waals surface area contributed by atoms with Gasteiger partial charge in [-0.25, -0.2) is 0 Å². The minimum absolute atomic E-state index is 0.0290. The van der Waals surface area contributed by atoms with Crippen molar-refractivity contribution in [1.82, 2.24) is 0 Å². The maximum Gasteiger partial charge on any atom is 0.176 e. The van der Waals surface area contributed by atoms with Gasteiger partial charge < -0.3 is 5.73 Å². The van der Waals surface area contributed by atoms with Crippen LogP contribution in [0.25, 0.3) is 0 Å². The zero-order valence-corrected chi connectivity index (χ0v) is 7.56. The molecule has 3 heteroatoms. The van der Waals surface area contributed by atoms with Crippen LogP contribution in [0, 0.1) is 6.92 Å². The Kier molecular flexibility index (Phi) is 2.84. The molecule has 0 saturated carbocycles. The summed E-state index contributed by atoms with van der Waals surface area (Å²) < 4.78 is 0. The molecule has 0 fully saturated rings. The lowest BCUT2D eigenvalue weighted by molar-refractivity contribution is 0.100. The third-order valence-electron chi connectivity index (χ3n) is 1.69. The first-order chi connectivity index (χ1) is 5.65. The molecule has 0 unspecified atom stereocenters. The van der Waals surface area contributed by atoms with E-state index >= 15 is 0 Å². The zero-order chi connectivity index (χ0) is 9.14. The van der Waals surface area contributed by atoms with E-state index in [0.29, 0.717) is 10.6 Å². The van der Waals surface area contributed by atoms with Crippen LogP contribution in [0.15, 0.2) is 18.2 Å². The molecule has 0 atom stereocenters. The van der Waals surface area contributed by atoms with Gasteiger partial charge in [-0.3, -0.25) is 4.79 Å². The fourth-order valence-corrected chi connectivity index (χ4v) is 1.18. The number of benzene rings is 1. The molecule has 0 spiro atoms. The van der Waals surface area contributed by atoms with Crippen LogP contribution in [0.5, 0.6) is 0 Å². The van der Waals surface area contributed by atoms with Crippen molar-refractivity contribution in [3.63, 3.8) is 0 Å². The maximum absolute atomic E-state index is 11.2. The molecule has 0 aromatic heterocycles. The molecule has 0 heterocycles. The van der Waals surface area contributed by atoms with Crippen LogP contribution in [-0.2, 0) is 0 Å². The predicted molar refractivity (Wildman–Crippen MR) is 49.6 cm³/mol. The quantitative estimate of drug-likeness (QED) is 0.711. The summed E-state index contributed by atoms with van der Waals surface area (Å²) in [5.74, 6) is -0.0741. The van der Waals surface area contributed by atoms with Gasteiger partial charge in [-0.2, -0.15) is 0 Å². The Morgan fingerprint density at radius 2 is 2.25 bits per heavy atom. The Morgan fingerprint density at radius 1 is 1.58 bits per heavy atom. The molecule has 1 aromatic rings. The monoisotopic (exact) mass is 183 g/mol. The Morgan fingerprint density at radius 3 is 2.83 bits per heavy atom. The van der Waals surface area contributed by atoms with Crippen LogP contribution < -0.4 is 5.73 Å². The number of carbonyl (C=O) groups is 1. The fourth-order valence-electron chi connectivity index (χ4n) is 1.00. The second-order valence-corrected chi connectivity index (χ2v) is 3.02. The van der Waals surface area contributed by atoms with Crippen LogP contribution in [0.3, 0.4) is 0 Å². The van der Waals surface area contributed by atoms with Crippen LogP contribution in [-0.4, -0.2) is 12.3 Å². The summed E-state index contributed by atoms with van der Waals surface area (Å²) in [5, 5.41) is 0.567. The zero-order valence-electron chi connectivity index (χ0n) is 6.80. The normalized spacial score (nSPS) is 9.92. The van der Waals surface area contributed by atoms with Crippen molar-refractivity contribution >= 4 is 17.4 Å². The molecule has 0 amide bonds. The molecule has 0 bridgehead atoms. The summed E-state index contributed by atoms with van der Waals surface area (Å²) in [6.45, 7) is 1.89. The molecular formula is C9H10ClNO. The first-order valence-corrected chi connectivity index (χ1v) is 4.02. The minimum atomic E-state index is -0.0741. The fraction of sp³-hybridized carbons (Fsp3) is 0.222. The molecule has 0 aliphatic heterocycles. The Bertz CT molecular complexity index is 309. The van der Waals surface area contributed by atoms with Gasteiger partial charge in [0.2, 0.25) is 0 Å². The topological polar surface area (TPSA) is 43.1 Å². The van der Waals surface area contributed by atoms with E-state index in [9.17, 15) is 4.79 Å². The number of nitrogens with two attached hydrogens (primary N) is 1. The number of Topliss-reactive ketones (excluding diaryl/α,β-unsaturated/α-hetero) is 1. The predicted octanol–water partition coefficient (Wildman–Crippen LogP) is 1.79. The number of aryl methyl sites for hydroxylation is 1. The van der Waals surface area contributed by atoms with Gasteiger partial charge in [0.15, 0.2) is 5.78 Å². The lowest BCUT2D eigenvalue weighted by Crippen LogP contribution is -2.14. The highest BCUT2D eigenvalue weighted by Crippen LogP contribution is 2.15. The highest BCUT2D eigenvalue weighted by molar-refractivity contribution is 6.31. The molecule has 0 saturated heterocycles. The summed E-state index contributed by atoms with van der Waals surface area (Å²) in [4.78, 5) is 11.2. The summed E-state index contributed by atoms with van der Waals surface area (Å²) in [6, 6.07) is 5.21. The van der Waals surface area contributed by atoms with E-state index in [0.717, 1.165) is 5.56 Å². The van der Waals surface area contributed by atoms with Crippen molar-refractivity contribution < 1.29 is 4.79 Å². The van der Waals surface area contributed by atoms with Crippen LogP contribution in [0.1, 0.15) is 15.9 Å². The van der Waals surface area contributed by atoms with Gasteiger partial charge in [0.25, 0.3) is 0 Å².